The summed E-state index contributed by atoms with van der Waals surface area (Å²) in [7, 11) is 0. The summed E-state index contributed by atoms with van der Waals surface area (Å²) in [6.45, 7) is 1.36. The van der Waals surface area contributed by atoms with Gasteiger partial charge in [0.25, 0.3) is 0 Å². The van der Waals surface area contributed by atoms with E-state index in [1.54, 1.807) is 0 Å². The summed E-state index contributed by atoms with van der Waals surface area (Å²) in [5, 5.41) is 15.5. The SMILES string of the molecule is C[C@H](O)C(F)(F)F.C[C@H](O)C(F)(F)F. The second kappa shape index (κ2) is 5.40. The van der Waals surface area contributed by atoms with Crippen molar-refractivity contribution in [1.82, 2.24) is 0 Å². The van der Waals surface area contributed by atoms with E-state index in [9.17, 15) is 26.3 Å². The molecule has 14 heavy (non-hydrogen) atoms. The maximum Gasteiger partial charge on any atom is 0.414 e. The summed E-state index contributed by atoms with van der Waals surface area (Å²) in [6.07, 6.45) is -13.3. The van der Waals surface area contributed by atoms with Gasteiger partial charge in [0.05, 0.1) is 0 Å². The second-order valence-corrected chi connectivity index (χ2v) is 2.44. The predicted octanol–water partition coefficient (Wildman–Crippen LogP) is 1.86. The molecule has 8 heteroatoms. The number of hydrogen-bond acceptors (Lipinski definition) is 2. The third-order valence-corrected chi connectivity index (χ3v) is 0.947. The number of hydrogen-bond donors (Lipinski definition) is 2. The lowest BCUT2D eigenvalue weighted by Crippen LogP contribution is -2.24. The molecule has 0 aromatic heterocycles. The molecule has 0 heterocycles. The molecule has 0 unspecified atom stereocenters. The molecule has 0 amide bonds. The summed E-state index contributed by atoms with van der Waals surface area (Å²) in [4.78, 5) is 0. The number of aliphatic hydroxyl groups is 2. The highest BCUT2D eigenvalue weighted by molar-refractivity contribution is 4.55. The molecule has 0 saturated heterocycles. The first-order valence-electron chi connectivity index (χ1n) is 3.38. The largest absolute Gasteiger partial charge is 0.414 e. The van der Waals surface area contributed by atoms with Gasteiger partial charge in [-0.3, -0.25) is 0 Å². The lowest BCUT2D eigenvalue weighted by atomic mass is 10.4. The lowest BCUT2D eigenvalue weighted by Gasteiger charge is -2.06. The van der Waals surface area contributed by atoms with E-state index in [0.717, 1.165) is 0 Å². The van der Waals surface area contributed by atoms with Crippen molar-refractivity contribution in [2.75, 3.05) is 0 Å². The number of aliphatic hydroxyl groups excluding tert-OH is 2. The molecule has 0 aliphatic heterocycles. The maximum absolute atomic E-state index is 10.9. The van der Waals surface area contributed by atoms with Crippen molar-refractivity contribution in [3.8, 4) is 0 Å². The van der Waals surface area contributed by atoms with Gasteiger partial charge in [0.15, 0.2) is 0 Å². The van der Waals surface area contributed by atoms with Crippen LogP contribution in [0.15, 0.2) is 0 Å². The molecule has 0 rings (SSSR count). The molecule has 0 aliphatic rings. The van der Waals surface area contributed by atoms with Gasteiger partial charge >= 0.3 is 12.4 Å². The van der Waals surface area contributed by atoms with Crippen LogP contribution in [0.2, 0.25) is 0 Å². The topological polar surface area (TPSA) is 40.5 Å². The van der Waals surface area contributed by atoms with Crippen molar-refractivity contribution in [2.45, 2.75) is 38.4 Å². The monoisotopic (exact) mass is 228 g/mol. The van der Waals surface area contributed by atoms with Crippen molar-refractivity contribution in [3.63, 3.8) is 0 Å². The molecule has 2 atom stereocenters. The summed E-state index contributed by atoms with van der Waals surface area (Å²) < 4.78 is 65.6. The number of alkyl halides is 6. The van der Waals surface area contributed by atoms with Crippen LogP contribution in [0, 0.1) is 0 Å². The summed E-state index contributed by atoms with van der Waals surface area (Å²) in [5.41, 5.74) is 0. The van der Waals surface area contributed by atoms with Gasteiger partial charge in [0.1, 0.15) is 12.2 Å². The predicted molar refractivity (Wildman–Crippen MR) is 35.5 cm³/mol. The average Bonchev–Trinajstić information content (AvgIpc) is 1.83. The highest BCUT2D eigenvalue weighted by Crippen LogP contribution is 2.19. The fourth-order valence-corrected chi connectivity index (χ4v) is 0. The number of rotatable bonds is 0. The summed E-state index contributed by atoms with van der Waals surface area (Å²) in [6, 6.07) is 0. The van der Waals surface area contributed by atoms with E-state index in [2.05, 4.69) is 0 Å². The first kappa shape index (κ1) is 15.9. The van der Waals surface area contributed by atoms with Crippen molar-refractivity contribution >= 4 is 0 Å². The molecule has 2 nitrogen and oxygen atoms in total. The second-order valence-electron chi connectivity index (χ2n) is 2.44. The molecule has 0 radical (unpaired) electrons. The molecule has 0 aromatic rings. The van der Waals surface area contributed by atoms with E-state index in [0.29, 0.717) is 13.8 Å². The van der Waals surface area contributed by atoms with E-state index < -0.39 is 24.6 Å². The third-order valence-electron chi connectivity index (χ3n) is 0.947. The molecular formula is C6H10F6O2. The molecule has 0 bridgehead atoms. The standard InChI is InChI=1S/2C3H5F3O/c2*1-2(7)3(4,5)6/h2*2,7H,1H3/t2*2-/m00/s1. The van der Waals surface area contributed by atoms with E-state index in [1.807, 2.05) is 0 Å². The molecule has 0 saturated carbocycles. The van der Waals surface area contributed by atoms with Crippen LogP contribution in [-0.2, 0) is 0 Å². The summed E-state index contributed by atoms with van der Waals surface area (Å²) >= 11 is 0. The minimum Gasteiger partial charge on any atom is -0.384 e. The van der Waals surface area contributed by atoms with Crippen LogP contribution in [0.25, 0.3) is 0 Å². The van der Waals surface area contributed by atoms with E-state index >= 15 is 0 Å². The van der Waals surface area contributed by atoms with Gasteiger partial charge in [0.2, 0.25) is 0 Å². The zero-order chi connectivity index (χ0) is 12.2. The Balaban J connectivity index is 0. The van der Waals surface area contributed by atoms with Crippen LogP contribution >= 0.6 is 0 Å². The Labute approximate surface area is 76.2 Å². The third kappa shape index (κ3) is 9.59. The Hall–Kier alpha value is -0.500. The molecule has 0 aromatic carbocycles. The first-order chi connectivity index (χ1) is 5.89. The van der Waals surface area contributed by atoms with Gasteiger partial charge in [-0.1, -0.05) is 0 Å². The fourth-order valence-electron chi connectivity index (χ4n) is 0. The van der Waals surface area contributed by atoms with Crippen LogP contribution in [0.3, 0.4) is 0 Å². The maximum atomic E-state index is 10.9. The molecule has 88 valence electrons. The molecule has 0 fully saturated rings. The van der Waals surface area contributed by atoms with Crippen molar-refractivity contribution in [2.24, 2.45) is 0 Å². The van der Waals surface area contributed by atoms with Gasteiger partial charge in [-0.05, 0) is 13.8 Å². The quantitative estimate of drug-likeness (QED) is 0.621. The molecule has 2 N–H and O–H groups in total. The highest BCUT2D eigenvalue weighted by Gasteiger charge is 2.34. The van der Waals surface area contributed by atoms with Gasteiger partial charge in [-0.15, -0.1) is 0 Å². The summed E-state index contributed by atoms with van der Waals surface area (Å²) in [5.74, 6) is 0. The Kier molecular flexibility index (Phi) is 6.15. The van der Waals surface area contributed by atoms with Gasteiger partial charge < -0.3 is 10.2 Å². The van der Waals surface area contributed by atoms with Crippen LogP contribution in [0.4, 0.5) is 26.3 Å². The van der Waals surface area contributed by atoms with E-state index in [4.69, 9.17) is 10.2 Å². The average molecular weight is 228 g/mol. The normalized spacial score (nSPS) is 16.7. The van der Waals surface area contributed by atoms with Crippen LogP contribution in [-0.4, -0.2) is 34.8 Å². The molecule has 0 aliphatic carbocycles. The van der Waals surface area contributed by atoms with Crippen molar-refractivity contribution < 1.29 is 36.6 Å². The van der Waals surface area contributed by atoms with Gasteiger partial charge in [-0.25, -0.2) is 0 Å². The molecular weight excluding hydrogens is 218 g/mol. The fraction of sp³-hybridized carbons (Fsp3) is 1.00. The minimum atomic E-state index is -4.44. The Morgan fingerprint density at radius 2 is 0.786 bits per heavy atom. The van der Waals surface area contributed by atoms with Crippen LogP contribution < -0.4 is 0 Å². The smallest absolute Gasteiger partial charge is 0.384 e. The first-order valence-corrected chi connectivity index (χ1v) is 3.38. The van der Waals surface area contributed by atoms with E-state index in [1.165, 1.54) is 0 Å². The Morgan fingerprint density at radius 1 is 0.714 bits per heavy atom. The van der Waals surface area contributed by atoms with Crippen molar-refractivity contribution in [3.05, 3.63) is 0 Å². The van der Waals surface area contributed by atoms with Gasteiger partial charge in [0, 0.05) is 0 Å². The Bertz CT molecular complexity index is 129. The van der Waals surface area contributed by atoms with Crippen LogP contribution in [0.5, 0.6) is 0 Å². The van der Waals surface area contributed by atoms with Gasteiger partial charge in [-0.2, -0.15) is 26.3 Å². The van der Waals surface area contributed by atoms with E-state index in [-0.39, 0.29) is 0 Å². The van der Waals surface area contributed by atoms with Crippen LogP contribution in [0.1, 0.15) is 13.8 Å². The molecule has 0 spiro atoms. The van der Waals surface area contributed by atoms with Crippen molar-refractivity contribution in [1.29, 1.82) is 0 Å². The lowest BCUT2D eigenvalue weighted by molar-refractivity contribution is -0.197. The number of halogens is 6. The zero-order valence-corrected chi connectivity index (χ0v) is 7.32. The highest BCUT2D eigenvalue weighted by atomic mass is 19.4. The zero-order valence-electron chi connectivity index (χ0n) is 7.32. The Morgan fingerprint density at radius 3 is 0.786 bits per heavy atom. The minimum absolute atomic E-state index is 0.681.